The Labute approximate surface area is 467 Å². The molecule has 0 bridgehead atoms. The summed E-state index contributed by atoms with van der Waals surface area (Å²) >= 11 is 0. The van der Waals surface area contributed by atoms with Crippen molar-refractivity contribution in [1.29, 1.82) is 0 Å². The zero-order chi connectivity index (χ0) is 54.9. The first-order valence-corrected chi connectivity index (χ1v) is 34.3. The van der Waals surface area contributed by atoms with Gasteiger partial charge >= 0.3 is 0 Å². The van der Waals surface area contributed by atoms with E-state index in [2.05, 4.69) is 43.5 Å². The van der Waals surface area contributed by atoms with Gasteiger partial charge in [-0.05, 0) is 44.9 Å². The number of carbonyl (C=O) groups is 1. The molecule has 0 aromatic rings. The van der Waals surface area contributed by atoms with Crippen molar-refractivity contribution in [3.05, 3.63) is 36.5 Å². The fourth-order valence-electron chi connectivity index (χ4n) is 9.95. The second-order valence-corrected chi connectivity index (χ2v) is 25.2. The van der Waals surface area contributed by atoms with Gasteiger partial charge in [0, 0.05) is 6.42 Å². The molecule has 0 rings (SSSR count). The Morgan fingerprint density at radius 2 is 0.747 bits per heavy atom. The molecule has 2 N–H and O–H groups in total. The van der Waals surface area contributed by atoms with Gasteiger partial charge in [0.1, 0.15) is 13.2 Å². The van der Waals surface area contributed by atoms with Crippen LogP contribution in [0, 0.1) is 0 Å². The fraction of sp³-hybridized carbons (Fsp3) is 0.894. The van der Waals surface area contributed by atoms with E-state index in [1.807, 2.05) is 27.2 Å². The number of allylic oxidation sites excluding steroid dienone is 5. The lowest BCUT2D eigenvalue weighted by Crippen LogP contribution is -2.45. The van der Waals surface area contributed by atoms with Crippen LogP contribution in [-0.2, 0) is 18.4 Å². The summed E-state index contributed by atoms with van der Waals surface area (Å²) in [5.74, 6) is -0.204. The molecule has 75 heavy (non-hydrogen) atoms. The maximum Gasteiger partial charge on any atom is 0.268 e. The van der Waals surface area contributed by atoms with Gasteiger partial charge in [-0.15, -0.1) is 0 Å². The van der Waals surface area contributed by atoms with Crippen LogP contribution in [0.2, 0.25) is 0 Å². The number of hydrogen-bond acceptors (Lipinski definition) is 6. The predicted octanol–water partition coefficient (Wildman–Crippen LogP) is 19.9. The number of phosphoric ester groups is 1. The van der Waals surface area contributed by atoms with E-state index in [0.29, 0.717) is 17.4 Å². The number of nitrogens with zero attached hydrogens (tertiary/aromatic N) is 1. The maximum absolute atomic E-state index is 13.0. The molecule has 3 atom stereocenters. The number of nitrogens with one attached hydrogen (secondary N) is 1. The Kier molecular flexibility index (Phi) is 56.4. The number of aliphatic hydroxyl groups excluding tert-OH is 1. The molecule has 0 radical (unpaired) electrons. The van der Waals surface area contributed by atoms with Crippen LogP contribution < -0.4 is 10.2 Å². The van der Waals surface area contributed by atoms with Gasteiger partial charge in [-0.25, -0.2) is 0 Å². The number of amides is 1. The molecule has 0 fully saturated rings. The molecular weight excluding hydrogens is 948 g/mol. The van der Waals surface area contributed by atoms with Crippen molar-refractivity contribution < 1.29 is 32.9 Å². The number of unbranched alkanes of at least 4 members (excludes halogenated alkanes) is 44. The van der Waals surface area contributed by atoms with Gasteiger partial charge in [0.15, 0.2) is 0 Å². The van der Waals surface area contributed by atoms with Gasteiger partial charge in [-0.3, -0.25) is 9.36 Å². The Morgan fingerprint density at radius 1 is 0.453 bits per heavy atom. The molecule has 8 nitrogen and oxygen atoms in total. The highest BCUT2D eigenvalue weighted by molar-refractivity contribution is 7.45. The summed E-state index contributed by atoms with van der Waals surface area (Å²) in [5, 5.41) is 13.9. The van der Waals surface area contributed by atoms with Crippen molar-refractivity contribution in [1.82, 2.24) is 5.32 Å². The molecule has 0 saturated heterocycles. The number of phosphoric acid groups is 1. The number of likely N-dealkylation sites (N-methyl/N-ethyl adjacent to an activating group) is 1. The number of rotatable bonds is 61. The van der Waals surface area contributed by atoms with E-state index in [1.54, 1.807) is 6.08 Å². The molecule has 0 aliphatic rings. The van der Waals surface area contributed by atoms with Gasteiger partial charge in [0.2, 0.25) is 5.91 Å². The molecular formula is C66H129N2O6P. The normalized spacial score (nSPS) is 14.0. The summed E-state index contributed by atoms with van der Waals surface area (Å²) in [6.45, 7) is 4.68. The molecule has 444 valence electrons. The van der Waals surface area contributed by atoms with E-state index in [-0.39, 0.29) is 12.5 Å². The zero-order valence-electron chi connectivity index (χ0n) is 50.8. The molecule has 1 amide bonds. The summed E-state index contributed by atoms with van der Waals surface area (Å²) in [7, 11) is 1.25. The smallest absolute Gasteiger partial charge is 0.268 e. The second kappa shape index (κ2) is 57.4. The third-order valence-electron chi connectivity index (χ3n) is 15.1. The van der Waals surface area contributed by atoms with Crippen LogP contribution >= 0.6 is 7.82 Å². The van der Waals surface area contributed by atoms with Gasteiger partial charge in [-0.1, -0.05) is 314 Å². The number of hydrogen-bond donors (Lipinski definition) is 2. The molecule has 0 spiro atoms. The van der Waals surface area contributed by atoms with Gasteiger partial charge in [0.25, 0.3) is 7.82 Å². The van der Waals surface area contributed by atoms with E-state index >= 15 is 0 Å². The predicted molar refractivity (Wildman–Crippen MR) is 325 cm³/mol. The standard InChI is InChI=1S/C66H129N2O6P/c1-6-8-10-12-14-16-18-20-22-24-26-28-30-32-34-36-38-40-42-44-46-48-50-52-54-56-58-60-66(70)67-64(63-74-75(71,72)73-62-61-68(3,4)5)65(69)59-57-55-53-51-49-47-45-43-41-39-37-35-33-31-29-27-25-23-21-19-17-15-13-11-9-7-2/h41,43,49,51,57,59,64-65,69H,6-40,42,44-48,50,52-56,58,60-63H2,1-5H3,(H-,67,70,71,72)/b43-41+,51-49+,59-57+. The highest BCUT2D eigenvalue weighted by Crippen LogP contribution is 2.38. The molecule has 9 heteroatoms. The highest BCUT2D eigenvalue weighted by Gasteiger charge is 2.23. The van der Waals surface area contributed by atoms with Crippen LogP contribution in [0.15, 0.2) is 36.5 Å². The lowest BCUT2D eigenvalue weighted by Gasteiger charge is -2.29. The minimum atomic E-state index is -4.61. The van der Waals surface area contributed by atoms with Crippen LogP contribution in [0.3, 0.4) is 0 Å². The van der Waals surface area contributed by atoms with Crippen molar-refractivity contribution in [3.63, 3.8) is 0 Å². The minimum absolute atomic E-state index is 0.00716. The van der Waals surface area contributed by atoms with E-state index in [0.717, 1.165) is 44.9 Å². The number of aliphatic hydroxyl groups is 1. The quantitative estimate of drug-likeness (QED) is 0.0272. The fourth-order valence-corrected chi connectivity index (χ4v) is 10.7. The largest absolute Gasteiger partial charge is 0.756 e. The minimum Gasteiger partial charge on any atom is -0.756 e. The molecule has 0 aromatic heterocycles. The Hall–Kier alpha value is -1.28. The lowest BCUT2D eigenvalue weighted by molar-refractivity contribution is -0.870. The van der Waals surface area contributed by atoms with E-state index in [9.17, 15) is 19.4 Å². The number of quaternary nitrogens is 1. The average molecular weight is 1080 g/mol. The molecule has 0 saturated carbocycles. The van der Waals surface area contributed by atoms with E-state index < -0.39 is 26.6 Å². The average Bonchev–Trinajstić information content (AvgIpc) is 3.37. The molecule has 0 aliphatic heterocycles. The molecule has 3 unspecified atom stereocenters. The van der Waals surface area contributed by atoms with E-state index in [1.165, 1.54) is 263 Å². The first-order chi connectivity index (χ1) is 36.5. The Morgan fingerprint density at radius 3 is 1.08 bits per heavy atom. The first-order valence-electron chi connectivity index (χ1n) is 32.9. The monoisotopic (exact) mass is 1080 g/mol. The van der Waals surface area contributed by atoms with E-state index in [4.69, 9.17) is 9.05 Å². The van der Waals surface area contributed by atoms with Crippen molar-refractivity contribution in [2.75, 3.05) is 40.9 Å². The Bertz CT molecular complexity index is 1320. The summed E-state index contributed by atoms with van der Waals surface area (Å²) < 4.78 is 23.4. The van der Waals surface area contributed by atoms with Crippen molar-refractivity contribution in [2.24, 2.45) is 0 Å². The second-order valence-electron chi connectivity index (χ2n) is 23.8. The van der Waals surface area contributed by atoms with Crippen LogP contribution in [0.5, 0.6) is 0 Å². The van der Waals surface area contributed by atoms with Crippen molar-refractivity contribution in [3.8, 4) is 0 Å². The molecule has 0 aliphatic carbocycles. The third-order valence-corrected chi connectivity index (χ3v) is 16.0. The number of carbonyl (C=O) groups excluding carboxylic acids is 1. The van der Waals surface area contributed by atoms with Gasteiger partial charge in [0.05, 0.1) is 39.9 Å². The highest BCUT2D eigenvalue weighted by atomic mass is 31.2. The topological polar surface area (TPSA) is 108 Å². The summed E-state index contributed by atoms with van der Waals surface area (Å²) in [6.07, 6.45) is 75.4. The lowest BCUT2D eigenvalue weighted by atomic mass is 10.0. The van der Waals surface area contributed by atoms with Crippen molar-refractivity contribution >= 4 is 13.7 Å². The van der Waals surface area contributed by atoms with Crippen LogP contribution in [0.25, 0.3) is 0 Å². The van der Waals surface area contributed by atoms with Gasteiger partial charge < -0.3 is 28.8 Å². The summed E-state index contributed by atoms with van der Waals surface area (Å²) in [6, 6.07) is -0.909. The van der Waals surface area contributed by atoms with Crippen molar-refractivity contribution in [2.45, 2.75) is 341 Å². The summed E-state index contributed by atoms with van der Waals surface area (Å²) in [5.41, 5.74) is 0. The Balaban J connectivity index is 4.15. The summed E-state index contributed by atoms with van der Waals surface area (Å²) in [4.78, 5) is 25.6. The molecule has 0 heterocycles. The molecule has 0 aromatic carbocycles. The third kappa shape index (κ3) is 60.2. The SMILES string of the molecule is CCCCCCCCCCCCCCCCCC/C=C/CC/C=C/CC/C=C/C(O)C(COP(=O)([O-])OCC[N+](C)(C)C)NC(=O)CCCCCCCCCCCCCCCCCCCCCCCCCCCCC. The van der Waals surface area contributed by atoms with Crippen LogP contribution in [-0.4, -0.2) is 68.5 Å². The van der Waals surface area contributed by atoms with Gasteiger partial charge in [-0.2, -0.15) is 0 Å². The first kappa shape index (κ1) is 73.7. The van der Waals surface area contributed by atoms with Crippen LogP contribution in [0.4, 0.5) is 0 Å². The zero-order valence-corrected chi connectivity index (χ0v) is 51.7. The van der Waals surface area contributed by atoms with Crippen LogP contribution in [0.1, 0.15) is 328 Å². The maximum atomic E-state index is 13.0.